The van der Waals surface area contributed by atoms with Crippen LogP contribution in [-0.2, 0) is 11.4 Å². The molecule has 1 aliphatic rings. The van der Waals surface area contributed by atoms with Crippen molar-refractivity contribution in [2.45, 2.75) is 13.5 Å². The molecular weight excluding hydrogens is 427 g/mol. The van der Waals surface area contributed by atoms with Crippen LogP contribution in [0.25, 0.3) is 6.08 Å². The van der Waals surface area contributed by atoms with Gasteiger partial charge in [-0.1, -0.05) is 41.4 Å². The minimum Gasteiger partial charge on any atom is -0.490 e. The molecule has 2 aromatic carbocycles. The number of imide groups is 1. The van der Waals surface area contributed by atoms with Crippen LogP contribution in [0.3, 0.4) is 0 Å². The van der Waals surface area contributed by atoms with Crippen molar-refractivity contribution in [3.63, 3.8) is 0 Å². The number of nitrogens with zero attached hydrogens (tertiary/aromatic N) is 1. The Hall–Kier alpha value is -2.96. The van der Waals surface area contributed by atoms with Crippen LogP contribution in [0.15, 0.2) is 54.8 Å². The first-order valence-corrected chi connectivity index (χ1v) is 9.97. The van der Waals surface area contributed by atoms with Crippen LogP contribution >= 0.6 is 23.2 Å². The molecule has 0 unspecified atom stereocenters. The minimum atomic E-state index is -0.476. The van der Waals surface area contributed by atoms with Crippen LogP contribution in [0.1, 0.15) is 18.1 Å². The van der Waals surface area contributed by atoms with Gasteiger partial charge in [0.25, 0.3) is 5.91 Å². The monoisotopic (exact) mass is 446 g/mol. The van der Waals surface area contributed by atoms with E-state index < -0.39 is 11.9 Å². The predicted octanol–water partition coefficient (Wildman–Crippen LogP) is 5.05. The van der Waals surface area contributed by atoms with Gasteiger partial charge in [-0.05, 0) is 42.8 Å². The van der Waals surface area contributed by atoms with Crippen molar-refractivity contribution < 1.29 is 19.1 Å². The van der Waals surface area contributed by atoms with Crippen LogP contribution in [0.2, 0.25) is 10.0 Å². The van der Waals surface area contributed by atoms with Gasteiger partial charge in [-0.25, -0.2) is 4.79 Å². The molecule has 1 saturated heterocycles. The SMILES string of the molecule is C=CCN1C(=O)N/C(=C/c2ccc(OCc3ccc(Cl)cc3Cl)c(OCC)c2)C1=O. The van der Waals surface area contributed by atoms with Crippen molar-refractivity contribution in [2.24, 2.45) is 0 Å². The third-order valence-corrected chi connectivity index (χ3v) is 4.84. The molecule has 3 rings (SSSR count). The lowest BCUT2D eigenvalue weighted by molar-refractivity contribution is -0.122. The Kier molecular flexibility index (Phi) is 7.03. The van der Waals surface area contributed by atoms with Crippen molar-refractivity contribution in [3.05, 3.63) is 75.9 Å². The number of halogens is 2. The summed E-state index contributed by atoms with van der Waals surface area (Å²) in [6.07, 6.45) is 3.08. The van der Waals surface area contributed by atoms with E-state index in [4.69, 9.17) is 32.7 Å². The normalized spacial score (nSPS) is 14.8. The Morgan fingerprint density at radius 3 is 2.60 bits per heavy atom. The fourth-order valence-corrected chi connectivity index (χ4v) is 3.29. The molecule has 3 amide bonds. The van der Waals surface area contributed by atoms with Crippen LogP contribution in [0.5, 0.6) is 11.5 Å². The number of hydrogen-bond donors (Lipinski definition) is 1. The standard InChI is InChI=1S/C22H20Cl2N2O4/c1-3-9-26-21(27)18(25-22(26)28)10-14-5-8-19(20(11-14)29-4-2)30-13-15-6-7-16(23)12-17(15)24/h3,5-8,10-12H,1,4,9,13H2,2H3,(H,25,28)/b18-10+. The second kappa shape index (κ2) is 9.69. The zero-order valence-corrected chi connectivity index (χ0v) is 17.8. The van der Waals surface area contributed by atoms with E-state index in [0.29, 0.717) is 33.7 Å². The van der Waals surface area contributed by atoms with Crippen LogP contribution in [0, 0.1) is 0 Å². The number of nitrogens with one attached hydrogen (secondary N) is 1. The molecule has 0 radical (unpaired) electrons. The Morgan fingerprint density at radius 2 is 1.90 bits per heavy atom. The summed E-state index contributed by atoms with van der Waals surface area (Å²) in [5, 5.41) is 3.63. The van der Waals surface area contributed by atoms with E-state index >= 15 is 0 Å². The topological polar surface area (TPSA) is 67.9 Å². The molecule has 0 aliphatic carbocycles. The fourth-order valence-electron chi connectivity index (χ4n) is 2.83. The molecule has 0 spiro atoms. The van der Waals surface area contributed by atoms with Gasteiger partial charge >= 0.3 is 6.03 Å². The molecule has 1 aliphatic heterocycles. The zero-order chi connectivity index (χ0) is 21.7. The highest BCUT2D eigenvalue weighted by molar-refractivity contribution is 6.35. The van der Waals surface area contributed by atoms with E-state index in [9.17, 15) is 9.59 Å². The molecule has 2 aromatic rings. The number of benzene rings is 2. The second-order valence-electron chi connectivity index (χ2n) is 6.36. The summed E-state index contributed by atoms with van der Waals surface area (Å²) in [6, 6.07) is 9.97. The minimum absolute atomic E-state index is 0.145. The first-order valence-electron chi connectivity index (χ1n) is 9.22. The lowest BCUT2D eigenvalue weighted by Crippen LogP contribution is -2.30. The summed E-state index contributed by atoms with van der Waals surface area (Å²) in [6.45, 7) is 6.23. The van der Waals surface area contributed by atoms with Crippen LogP contribution < -0.4 is 14.8 Å². The molecule has 30 heavy (non-hydrogen) atoms. The Bertz CT molecular complexity index is 1020. The van der Waals surface area contributed by atoms with Crippen molar-refractivity contribution in [1.82, 2.24) is 10.2 Å². The van der Waals surface area contributed by atoms with Crippen molar-refractivity contribution >= 4 is 41.2 Å². The summed E-state index contributed by atoms with van der Waals surface area (Å²) >= 11 is 12.1. The highest BCUT2D eigenvalue weighted by Crippen LogP contribution is 2.31. The van der Waals surface area contributed by atoms with Crippen molar-refractivity contribution in [3.8, 4) is 11.5 Å². The number of urea groups is 1. The molecule has 6 nitrogen and oxygen atoms in total. The molecule has 1 N–H and O–H groups in total. The third kappa shape index (κ3) is 4.96. The quantitative estimate of drug-likeness (QED) is 0.350. The van der Waals surface area contributed by atoms with Crippen LogP contribution in [0.4, 0.5) is 4.79 Å². The average molecular weight is 447 g/mol. The number of amides is 3. The molecule has 0 bridgehead atoms. The third-order valence-electron chi connectivity index (χ3n) is 4.25. The highest BCUT2D eigenvalue weighted by Gasteiger charge is 2.32. The predicted molar refractivity (Wildman–Crippen MR) is 117 cm³/mol. The van der Waals surface area contributed by atoms with Gasteiger partial charge < -0.3 is 14.8 Å². The Labute approximate surface area is 184 Å². The summed E-state index contributed by atoms with van der Waals surface area (Å²) in [5.41, 5.74) is 1.65. The van der Waals surface area contributed by atoms with Gasteiger partial charge in [0.2, 0.25) is 0 Å². The zero-order valence-electron chi connectivity index (χ0n) is 16.3. The van der Waals surface area contributed by atoms with E-state index in [1.807, 2.05) is 6.92 Å². The van der Waals surface area contributed by atoms with Gasteiger partial charge in [-0.3, -0.25) is 9.69 Å². The van der Waals surface area contributed by atoms with Crippen molar-refractivity contribution in [2.75, 3.05) is 13.2 Å². The smallest absolute Gasteiger partial charge is 0.329 e. The van der Waals surface area contributed by atoms with Gasteiger partial charge in [0.15, 0.2) is 11.5 Å². The van der Waals surface area contributed by atoms with Crippen molar-refractivity contribution in [1.29, 1.82) is 0 Å². The van der Waals surface area contributed by atoms with E-state index in [-0.39, 0.29) is 18.8 Å². The van der Waals surface area contributed by atoms with E-state index in [2.05, 4.69) is 11.9 Å². The van der Waals surface area contributed by atoms with Gasteiger partial charge in [0.1, 0.15) is 12.3 Å². The molecule has 0 saturated carbocycles. The summed E-state index contributed by atoms with van der Waals surface area (Å²) < 4.78 is 11.6. The maximum absolute atomic E-state index is 12.4. The molecule has 8 heteroatoms. The van der Waals surface area contributed by atoms with E-state index in [1.54, 1.807) is 42.5 Å². The van der Waals surface area contributed by atoms with Gasteiger partial charge in [0, 0.05) is 22.2 Å². The maximum atomic E-state index is 12.4. The molecule has 0 atom stereocenters. The molecular formula is C22H20Cl2N2O4. The summed E-state index contributed by atoms with van der Waals surface area (Å²) in [7, 11) is 0. The molecule has 1 heterocycles. The summed E-state index contributed by atoms with van der Waals surface area (Å²) in [5.74, 6) is 0.632. The number of carbonyl (C=O) groups excluding carboxylic acids is 2. The first kappa shape index (κ1) is 21.7. The maximum Gasteiger partial charge on any atom is 0.329 e. The lowest BCUT2D eigenvalue weighted by atomic mass is 10.1. The lowest BCUT2D eigenvalue weighted by Gasteiger charge is -2.13. The molecule has 156 valence electrons. The Morgan fingerprint density at radius 1 is 1.10 bits per heavy atom. The van der Waals surface area contributed by atoms with Gasteiger partial charge in [0.05, 0.1) is 6.61 Å². The largest absolute Gasteiger partial charge is 0.490 e. The molecule has 1 fully saturated rings. The first-order chi connectivity index (χ1) is 14.4. The second-order valence-corrected chi connectivity index (χ2v) is 7.20. The molecule has 0 aromatic heterocycles. The Balaban J connectivity index is 1.80. The number of carbonyl (C=O) groups is 2. The number of ether oxygens (including phenoxy) is 2. The number of rotatable bonds is 8. The number of hydrogen-bond acceptors (Lipinski definition) is 4. The van der Waals surface area contributed by atoms with E-state index in [1.165, 1.54) is 6.08 Å². The van der Waals surface area contributed by atoms with E-state index in [0.717, 1.165) is 10.5 Å². The average Bonchev–Trinajstić information content (AvgIpc) is 2.96. The summed E-state index contributed by atoms with van der Waals surface area (Å²) in [4.78, 5) is 25.3. The highest BCUT2D eigenvalue weighted by atomic mass is 35.5. The fraction of sp³-hybridized carbons (Fsp3) is 0.182. The van der Waals surface area contributed by atoms with Gasteiger partial charge in [-0.15, -0.1) is 6.58 Å². The van der Waals surface area contributed by atoms with Crippen LogP contribution in [-0.4, -0.2) is 30.0 Å². The van der Waals surface area contributed by atoms with Gasteiger partial charge in [-0.2, -0.15) is 0 Å².